The van der Waals surface area contributed by atoms with Crippen molar-refractivity contribution >= 4 is 39.1 Å². The normalized spacial score (nSPS) is 14.9. The summed E-state index contributed by atoms with van der Waals surface area (Å²) in [5, 5.41) is 10.7. The molecule has 7 heteroatoms. The van der Waals surface area contributed by atoms with Crippen molar-refractivity contribution in [2.45, 2.75) is 6.42 Å². The monoisotopic (exact) mass is 401 g/mol. The third kappa shape index (κ3) is 4.10. The third-order valence-electron chi connectivity index (χ3n) is 4.29. The molecule has 3 rings (SSSR count). The standard InChI is InChI=1S/C20H20ClN3O2S/c1-24-19-12-16(26-11-10-21)8-9-17(19)18(13-22)20(24)14-4-3-5-15(7-6-14)23-27(2)25/h3,5-9,12,23H,4,10-11H2,1-2H3. The van der Waals surface area contributed by atoms with Gasteiger partial charge in [-0.3, -0.25) is 0 Å². The molecule has 1 atom stereocenters. The first-order chi connectivity index (χ1) is 13.0. The van der Waals surface area contributed by atoms with E-state index in [1.54, 1.807) is 6.26 Å². The summed E-state index contributed by atoms with van der Waals surface area (Å²) < 4.78 is 21.9. The summed E-state index contributed by atoms with van der Waals surface area (Å²) in [6.45, 7) is 0.435. The zero-order valence-corrected chi connectivity index (χ0v) is 16.7. The highest BCUT2D eigenvalue weighted by atomic mass is 35.5. The number of hydrogen-bond donors (Lipinski definition) is 1. The first-order valence-corrected chi connectivity index (χ1v) is 10.5. The summed E-state index contributed by atoms with van der Waals surface area (Å²) in [6, 6.07) is 8.06. The summed E-state index contributed by atoms with van der Waals surface area (Å²) in [6.07, 6.45) is 10.0. The zero-order valence-electron chi connectivity index (χ0n) is 15.2. The Labute approximate surface area is 166 Å². The number of nitrogens with one attached hydrogen (secondary N) is 1. The van der Waals surface area contributed by atoms with Crippen molar-refractivity contribution in [3.8, 4) is 11.8 Å². The maximum absolute atomic E-state index is 11.4. The maximum Gasteiger partial charge on any atom is 0.121 e. The highest BCUT2D eigenvalue weighted by molar-refractivity contribution is 7.82. The Bertz CT molecular complexity index is 1030. The smallest absolute Gasteiger partial charge is 0.121 e. The van der Waals surface area contributed by atoms with Gasteiger partial charge in [0.15, 0.2) is 0 Å². The van der Waals surface area contributed by atoms with Gasteiger partial charge in [0.1, 0.15) is 29.4 Å². The third-order valence-corrected chi connectivity index (χ3v) is 4.97. The molecule has 1 unspecified atom stereocenters. The predicted octanol–water partition coefficient (Wildman–Crippen LogP) is 3.78. The molecule has 27 heavy (non-hydrogen) atoms. The largest absolute Gasteiger partial charge is 0.492 e. The molecule has 0 fully saturated rings. The number of rotatable bonds is 6. The van der Waals surface area contributed by atoms with Crippen molar-refractivity contribution in [3.05, 3.63) is 59.5 Å². The van der Waals surface area contributed by atoms with Crippen LogP contribution in [0.1, 0.15) is 17.7 Å². The molecule has 0 spiro atoms. The van der Waals surface area contributed by atoms with E-state index in [4.69, 9.17) is 16.3 Å². The van der Waals surface area contributed by atoms with E-state index in [2.05, 4.69) is 10.8 Å². The molecular weight excluding hydrogens is 382 g/mol. The summed E-state index contributed by atoms with van der Waals surface area (Å²) in [4.78, 5) is 0. The lowest BCUT2D eigenvalue weighted by Gasteiger charge is -2.08. The van der Waals surface area contributed by atoms with Crippen LogP contribution in [-0.2, 0) is 18.0 Å². The molecule has 0 amide bonds. The Kier molecular flexibility index (Phi) is 6.04. The molecule has 1 heterocycles. The van der Waals surface area contributed by atoms with Crippen LogP contribution in [0.5, 0.6) is 5.75 Å². The van der Waals surface area contributed by atoms with Crippen molar-refractivity contribution < 1.29 is 8.95 Å². The molecule has 5 nitrogen and oxygen atoms in total. The van der Waals surface area contributed by atoms with Gasteiger partial charge in [-0.1, -0.05) is 12.2 Å². The molecule has 0 radical (unpaired) electrons. The molecular formula is C20H20ClN3O2S. The van der Waals surface area contributed by atoms with E-state index in [-0.39, 0.29) is 0 Å². The molecule has 0 aliphatic heterocycles. The van der Waals surface area contributed by atoms with Crippen LogP contribution in [0.4, 0.5) is 0 Å². The Morgan fingerprint density at radius 2 is 2.22 bits per heavy atom. The van der Waals surface area contributed by atoms with Crippen molar-refractivity contribution in [1.29, 1.82) is 5.26 Å². The zero-order chi connectivity index (χ0) is 19.4. The summed E-state index contributed by atoms with van der Waals surface area (Å²) >= 11 is 5.70. The number of ether oxygens (including phenoxy) is 1. The lowest BCUT2D eigenvalue weighted by molar-refractivity contribution is 0.343. The van der Waals surface area contributed by atoms with Gasteiger partial charge in [0, 0.05) is 30.5 Å². The van der Waals surface area contributed by atoms with E-state index >= 15 is 0 Å². The van der Waals surface area contributed by atoms with Gasteiger partial charge in [-0.25, -0.2) is 4.21 Å². The van der Waals surface area contributed by atoms with E-state index in [9.17, 15) is 9.47 Å². The van der Waals surface area contributed by atoms with Gasteiger partial charge in [-0.05, 0) is 36.3 Å². The van der Waals surface area contributed by atoms with Crippen LogP contribution in [0, 0.1) is 11.3 Å². The Morgan fingerprint density at radius 1 is 1.41 bits per heavy atom. The first kappa shape index (κ1) is 19.3. The van der Waals surface area contributed by atoms with Crippen molar-refractivity contribution in [3.63, 3.8) is 0 Å². The number of halogens is 1. The Balaban J connectivity index is 2.08. The number of fused-ring (bicyclic) bond motifs is 1. The molecule has 140 valence electrons. The van der Waals surface area contributed by atoms with Crippen LogP contribution in [0.2, 0.25) is 0 Å². The minimum atomic E-state index is -1.13. The van der Waals surface area contributed by atoms with E-state index in [0.717, 1.165) is 33.6 Å². The average molecular weight is 402 g/mol. The lowest BCUT2D eigenvalue weighted by Crippen LogP contribution is -2.13. The number of hydrogen-bond acceptors (Lipinski definition) is 3. The summed E-state index contributed by atoms with van der Waals surface area (Å²) in [5.74, 6) is 1.15. The second-order valence-electron chi connectivity index (χ2n) is 6.09. The molecule has 0 saturated heterocycles. The molecule has 1 aliphatic carbocycles. The quantitative estimate of drug-likeness (QED) is 0.749. The van der Waals surface area contributed by atoms with Crippen molar-refractivity contribution in [2.24, 2.45) is 7.05 Å². The van der Waals surface area contributed by atoms with Crippen LogP contribution >= 0.6 is 11.6 Å². The SMILES string of the molecule is Cn1c(C2=CC=C(NS(C)=O)C=CC2)c(C#N)c2ccc(OCCCl)cc21. The minimum absolute atomic E-state index is 0.421. The molecule has 2 aromatic rings. The Hall–Kier alpha value is -2.49. The van der Waals surface area contributed by atoms with E-state index < -0.39 is 11.0 Å². The molecule has 1 N–H and O–H groups in total. The molecule has 0 saturated carbocycles. The number of aromatic nitrogens is 1. The van der Waals surface area contributed by atoms with Crippen molar-refractivity contribution in [2.75, 3.05) is 18.7 Å². The van der Waals surface area contributed by atoms with Gasteiger partial charge in [-0.2, -0.15) is 5.26 Å². The highest BCUT2D eigenvalue weighted by Gasteiger charge is 2.19. The van der Waals surface area contributed by atoms with Gasteiger partial charge in [0.05, 0.1) is 22.7 Å². The van der Waals surface area contributed by atoms with E-state index in [1.807, 2.05) is 54.1 Å². The van der Waals surface area contributed by atoms with Crippen LogP contribution in [0.15, 0.2) is 48.2 Å². The fraction of sp³-hybridized carbons (Fsp3) is 0.250. The second kappa shape index (κ2) is 8.47. The number of aryl methyl sites for hydroxylation is 1. The maximum atomic E-state index is 11.4. The number of nitrogens with zero attached hydrogens (tertiary/aromatic N) is 2. The van der Waals surface area contributed by atoms with Gasteiger partial charge in [0.25, 0.3) is 0 Å². The van der Waals surface area contributed by atoms with E-state index in [1.165, 1.54) is 0 Å². The number of alkyl halides is 1. The van der Waals surface area contributed by atoms with Crippen molar-refractivity contribution in [1.82, 2.24) is 9.29 Å². The molecule has 1 aliphatic rings. The summed E-state index contributed by atoms with van der Waals surface area (Å²) in [5.41, 5.74) is 4.24. The second-order valence-corrected chi connectivity index (χ2v) is 7.58. The Morgan fingerprint density at radius 3 is 2.93 bits per heavy atom. The van der Waals surface area contributed by atoms with Crippen LogP contribution in [0.3, 0.4) is 0 Å². The average Bonchev–Trinajstić information content (AvgIpc) is 2.78. The number of benzene rings is 1. The van der Waals surface area contributed by atoms with Gasteiger partial charge in [0.2, 0.25) is 0 Å². The van der Waals surface area contributed by atoms with Crippen LogP contribution in [0.25, 0.3) is 16.5 Å². The lowest BCUT2D eigenvalue weighted by atomic mass is 10.0. The molecule has 0 bridgehead atoms. The topological polar surface area (TPSA) is 67.0 Å². The molecule has 1 aromatic carbocycles. The number of allylic oxidation sites excluding steroid dienone is 5. The highest BCUT2D eigenvalue weighted by Crippen LogP contribution is 2.34. The van der Waals surface area contributed by atoms with Gasteiger partial charge < -0.3 is 14.0 Å². The number of nitriles is 1. The summed E-state index contributed by atoms with van der Waals surface area (Å²) in [7, 11) is 0.813. The van der Waals surface area contributed by atoms with Crippen LogP contribution in [-0.4, -0.2) is 27.5 Å². The van der Waals surface area contributed by atoms with Gasteiger partial charge >= 0.3 is 0 Å². The minimum Gasteiger partial charge on any atom is -0.492 e. The fourth-order valence-corrected chi connectivity index (χ4v) is 3.73. The predicted molar refractivity (Wildman–Crippen MR) is 111 cm³/mol. The molecule has 1 aromatic heterocycles. The van der Waals surface area contributed by atoms with E-state index in [0.29, 0.717) is 24.5 Å². The van der Waals surface area contributed by atoms with Crippen LogP contribution < -0.4 is 9.46 Å². The van der Waals surface area contributed by atoms with Gasteiger partial charge in [-0.15, -0.1) is 11.6 Å². The first-order valence-electron chi connectivity index (χ1n) is 8.44. The fourth-order valence-electron chi connectivity index (χ4n) is 3.19.